The Bertz CT molecular complexity index is 401. The molecule has 0 saturated heterocycles. The van der Waals surface area contributed by atoms with E-state index < -0.39 is 0 Å². The van der Waals surface area contributed by atoms with Crippen LogP contribution in [0.2, 0.25) is 0 Å². The van der Waals surface area contributed by atoms with Crippen LogP contribution in [-0.4, -0.2) is 25.0 Å². The highest BCUT2D eigenvalue weighted by molar-refractivity contribution is 5.94. The van der Waals surface area contributed by atoms with Crippen LogP contribution in [0.1, 0.15) is 29.3 Å². The van der Waals surface area contributed by atoms with Crippen LogP contribution in [-0.2, 0) is 16.1 Å². The Kier molecular flexibility index (Phi) is 5.87. The van der Waals surface area contributed by atoms with E-state index in [0.29, 0.717) is 18.7 Å². The minimum absolute atomic E-state index is 0.181. The van der Waals surface area contributed by atoms with Crippen molar-refractivity contribution in [1.29, 1.82) is 0 Å². The molecule has 0 aliphatic carbocycles. The molecule has 0 aliphatic heterocycles. The lowest BCUT2D eigenvalue weighted by molar-refractivity contribution is -0.142. The third-order valence-electron chi connectivity index (χ3n) is 2.37. The molecule has 0 fully saturated rings. The van der Waals surface area contributed by atoms with Crippen LogP contribution in [0.4, 0.5) is 0 Å². The van der Waals surface area contributed by atoms with Crippen LogP contribution >= 0.6 is 0 Å². The number of nitrogens with two attached hydrogens (primary N) is 1. The van der Waals surface area contributed by atoms with Crippen molar-refractivity contribution >= 4 is 11.9 Å². The van der Waals surface area contributed by atoms with E-state index in [9.17, 15) is 9.59 Å². The second-order valence-corrected chi connectivity index (χ2v) is 3.71. The largest absolute Gasteiger partial charge is 0.466 e. The zero-order valence-corrected chi connectivity index (χ0v) is 10.4. The van der Waals surface area contributed by atoms with E-state index in [1.807, 2.05) is 0 Å². The third-order valence-corrected chi connectivity index (χ3v) is 2.37. The number of rotatable bonds is 6. The second-order valence-electron chi connectivity index (χ2n) is 3.71. The predicted octanol–water partition coefficient (Wildman–Crippen LogP) is 0.828. The van der Waals surface area contributed by atoms with Crippen LogP contribution in [0.15, 0.2) is 24.3 Å². The number of carbonyl (C=O) groups is 2. The molecule has 18 heavy (non-hydrogen) atoms. The first-order chi connectivity index (χ1) is 8.67. The van der Waals surface area contributed by atoms with Crippen molar-refractivity contribution in [3.05, 3.63) is 35.4 Å². The number of hydrogen-bond acceptors (Lipinski definition) is 4. The molecule has 0 heterocycles. The molecule has 0 spiro atoms. The first kappa shape index (κ1) is 14.2. The summed E-state index contributed by atoms with van der Waals surface area (Å²) in [6.45, 7) is 2.82. The number of carbonyl (C=O) groups excluding carboxylic acids is 2. The first-order valence-corrected chi connectivity index (χ1v) is 5.90. The van der Waals surface area contributed by atoms with Crippen LogP contribution < -0.4 is 11.1 Å². The summed E-state index contributed by atoms with van der Waals surface area (Å²) in [5.41, 5.74) is 6.99. The fourth-order valence-corrected chi connectivity index (χ4v) is 1.41. The first-order valence-electron chi connectivity index (χ1n) is 5.90. The molecular formula is C13H18N2O3. The highest BCUT2D eigenvalue weighted by Gasteiger charge is 2.06. The molecule has 0 unspecified atom stereocenters. The Labute approximate surface area is 106 Å². The lowest BCUT2D eigenvalue weighted by Gasteiger charge is -2.05. The van der Waals surface area contributed by atoms with Crippen molar-refractivity contribution in [1.82, 2.24) is 5.32 Å². The van der Waals surface area contributed by atoms with Gasteiger partial charge >= 0.3 is 5.97 Å². The highest BCUT2D eigenvalue weighted by Crippen LogP contribution is 2.03. The Balaban J connectivity index is 2.38. The molecule has 0 atom stereocenters. The van der Waals surface area contributed by atoms with Gasteiger partial charge in [0.2, 0.25) is 0 Å². The fraction of sp³-hybridized carbons (Fsp3) is 0.385. The lowest BCUT2D eigenvalue weighted by Crippen LogP contribution is -2.26. The van der Waals surface area contributed by atoms with Gasteiger partial charge < -0.3 is 15.8 Å². The molecule has 1 rings (SSSR count). The van der Waals surface area contributed by atoms with Gasteiger partial charge in [-0.2, -0.15) is 0 Å². The number of nitrogens with one attached hydrogen (secondary N) is 1. The van der Waals surface area contributed by atoms with Gasteiger partial charge in [0.05, 0.1) is 13.0 Å². The van der Waals surface area contributed by atoms with Crippen molar-refractivity contribution in [2.75, 3.05) is 13.2 Å². The highest BCUT2D eigenvalue weighted by atomic mass is 16.5. The molecule has 1 aromatic carbocycles. The van der Waals surface area contributed by atoms with Gasteiger partial charge in [0.15, 0.2) is 0 Å². The maximum Gasteiger partial charge on any atom is 0.307 e. The number of ether oxygens (including phenoxy) is 1. The summed E-state index contributed by atoms with van der Waals surface area (Å²) in [4.78, 5) is 22.7. The second kappa shape index (κ2) is 7.45. The van der Waals surface area contributed by atoms with Gasteiger partial charge in [0, 0.05) is 18.7 Å². The summed E-state index contributed by atoms with van der Waals surface area (Å²) in [6, 6.07) is 7.03. The molecule has 5 heteroatoms. The molecule has 98 valence electrons. The number of esters is 1. The van der Waals surface area contributed by atoms with E-state index in [2.05, 4.69) is 5.32 Å². The van der Waals surface area contributed by atoms with Crippen LogP contribution in [0.25, 0.3) is 0 Å². The van der Waals surface area contributed by atoms with Crippen molar-refractivity contribution in [2.24, 2.45) is 5.73 Å². The van der Waals surface area contributed by atoms with Crippen molar-refractivity contribution in [2.45, 2.75) is 19.9 Å². The minimum atomic E-state index is -0.309. The molecule has 0 aliphatic rings. The number of benzene rings is 1. The van der Waals surface area contributed by atoms with Crippen molar-refractivity contribution in [3.63, 3.8) is 0 Å². The molecule has 0 radical (unpaired) electrons. The minimum Gasteiger partial charge on any atom is -0.466 e. The van der Waals surface area contributed by atoms with Gasteiger partial charge in [-0.25, -0.2) is 0 Å². The summed E-state index contributed by atoms with van der Waals surface area (Å²) in [6.07, 6.45) is 0.181. The maximum absolute atomic E-state index is 11.7. The summed E-state index contributed by atoms with van der Waals surface area (Å²) >= 11 is 0. The van der Waals surface area contributed by atoms with Gasteiger partial charge in [-0.05, 0) is 24.6 Å². The van der Waals surface area contributed by atoms with Crippen molar-refractivity contribution in [3.8, 4) is 0 Å². The van der Waals surface area contributed by atoms with E-state index in [4.69, 9.17) is 10.5 Å². The topological polar surface area (TPSA) is 81.4 Å². The standard InChI is InChI=1S/C13H18N2O3/c1-2-18-12(16)7-8-15-13(17)11-5-3-10(9-14)4-6-11/h3-6H,2,7-9,14H2,1H3,(H,15,17). The average molecular weight is 250 g/mol. The SMILES string of the molecule is CCOC(=O)CCNC(=O)c1ccc(CN)cc1. The quantitative estimate of drug-likeness (QED) is 0.733. The number of hydrogen-bond donors (Lipinski definition) is 2. The van der Waals surface area contributed by atoms with Crippen LogP contribution in [0, 0.1) is 0 Å². The van der Waals surface area contributed by atoms with E-state index in [1.165, 1.54) is 0 Å². The monoisotopic (exact) mass is 250 g/mol. The predicted molar refractivity (Wildman–Crippen MR) is 67.9 cm³/mol. The summed E-state index contributed by atoms with van der Waals surface area (Å²) < 4.78 is 4.76. The van der Waals surface area contributed by atoms with Crippen LogP contribution in [0.3, 0.4) is 0 Å². The van der Waals surface area contributed by atoms with E-state index in [-0.39, 0.29) is 24.8 Å². The van der Waals surface area contributed by atoms with E-state index in [0.717, 1.165) is 5.56 Å². The molecule has 5 nitrogen and oxygen atoms in total. The third kappa shape index (κ3) is 4.55. The normalized spacial score (nSPS) is 9.89. The zero-order chi connectivity index (χ0) is 13.4. The maximum atomic E-state index is 11.7. The Morgan fingerprint density at radius 3 is 2.50 bits per heavy atom. The van der Waals surface area contributed by atoms with Gasteiger partial charge in [-0.15, -0.1) is 0 Å². The summed E-state index contributed by atoms with van der Waals surface area (Å²) in [7, 11) is 0. The molecular weight excluding hydrogens is 232 g/mol. The van der Waals surface area contributed by atoms with Crippen molar-refractivity contribution < 1.29 is 14.3 Å². The summed E-state index contributed by atoms with van der Waals surface area (Å²) in [5.74, 6) is -0.515. The summed E-state index contributed by atoms with van der Waals surface area (Å²) in [5, 5.41) is 2.65. The molecule has 1 aromatic rings. The fourth-order valence-electron chi connectivity index (χ4n) is 1.41. The molecule has 3 N–H and O–H groups in total. The Morgan fingerprint density at radius 1 is 1.28 bits per heavy atom. The van der Waals surface area contributed by atoms with E-state index in [1.54, 1.807) is 31.2 Å². The van der Waals surface area contributed by atoms with Gasteiger partial charge in [-0.3, -0.25) is 9.59 Å². The molecule has 0 aromatic heterocycles. The Morgan fingerprint density at radius 2 is 1.94 bits per heavy atom. The molecule has 1 amide bonds. The van der Waals surface area contributed by atoms with Crippen LogP contribution in [0.5, 0.6) is 0 Å². The smallest absolute Gasteiger partial charge is 0.307 e. The zero-order valence-electron chi connectivity index (χ0n) is 10.4. The van der Waals surface area contributed by atoms with Gasteiger partial charge in [-0.1, -0.05) is 12.1 Å². The van der Waals surface area contributed by atoms with E-state index >= 15 is 0 Å². The average Bonchev–Trinajstić information content (AvgIpc) is 2.39. The van der Waals surface area contributed by atoms with Gasteiger partial charge in [0.25, 0.3) is 5.91 Å². The number of amides is 1. The molecule has 0 saturated carbocycles. The van der Waals surface area contributed by atoms with Gasteiger partial charge in [0.1, 0.15) is 0 Å². The Hall–Kier alpha value is -1.88. The molecule has 0 bridgehead atoms. The lowest BCUT2D eigenvalue weighted by atomic mass is 10.1.